The SMILES string of the molecule is CCCN(CC(C)Cl)CC(Cl)Cl.Cl. The summed E-state index contributed by atoms with van der Waals surface area (Å²) in [6.07, 6.45) is 1.10. The van der Waals surface area contributed by atoms with Crippen LogP contribution in [0.5, 0.6) is 0 Å². The van der Waals surface area contributed by atoms with E-state index in [1.54, 1.807) is 0 Å². The second-order valence-electron chi connectivity index (χ2n) is 2.93. The van der Waals surface area contributed by atoms with E-state index in [0.29, 0.717) is 6.54 Å². The first kappa shape index (κ1) is 16.5. The van der Waals surface area contributed by atoms with Crippen LogP contribution in [0.4, 0.5) is 0 Å². The molecule has 0 amide bonds. The van der Waals surface area contributed by atoms with Crippen molar-refractivity contribution in [3.63, 3.8) is 0 Å². The first-order chi connectivity index (χ1) is 5.56. The van der Waals surface area contributed by atoms with Gasteiger partial charge in [-0.1, -0.05) is 6.92 Å². The molecule has 13 heavy (non-hydrogen) atoms. The van der Waals surface area contributed by atoms with Gasteiger partial charge in [-0.15, -0.1) is 47.2 Å². The molecule has 0 spiro atoms. The monoisotopic (exact) mass is 267 g/mol. The maximum atomic E-state index is 5.86. The first-order valence-corrected chi connectivity index (χ1v) is 5.51. The van der Waals surface area contributed by atoms with Gasteiger partial charge in [0.15, 0.2) is 0 Å². The zero-order chi connectivity index (χ0) is 9.56. The van der Waals surface area contributed by atoms with Gasteiger partial charge in [0, 0.05) is 18.5 Å². The summed E-state index contributed by atoms with van der Waals surface area (Å²) in [6.45, 7) is 6.66. The highest BCUT2D eigenvalue weighted by atomic mass is 35.5. The predicted molar refractivity (Wildman–Crippen MR) is 64.8 cm³/mol. The fourth-order valence-electron chi connectivity index (χ4n) is 1.12. The van der Waals surface area contributed by atoms with Gasteiger partial charge in [0.1, 0.15) is 4.84 Å². The average Bonchev–Trinajstić information content (AvgIpc) is 1.84. The molecular weight excluding hydrogens is 252 g/mol. The van der Waals surface area contributed by atoms with Crippen LogP contribution >= 0.6 is 47.2 Å². The highest BCUT2D eigenvalue weighted by Crippen LogP contribution is 2.07. The Bertz CT molecular complexity index is 98.3. The van der Waals surface area contributed by atoms with Crippen molar-refractivity contribution in [1.82, 2.24) is 4.90 Å². The molecule has 0 bridgehead atoms. The molecule has 0 aliphatic carbocycles. The van der Waals surface area contributed by atoms with Crippen LogP contribution in [0, 0.1) is 0 Å². The van der Waals surface area contributed by atoms with E-state index in [9.17, 15) is 0 Å². The third-order valence-corrected chi connectivity index (χ3v) is 1.86. The molecular formula is C8H17Cl4N. The molecule has 1 nitrogen and oxygen atoms in total. The number of rotatable bonds is 6. The summed E-state index contributed by atoms with van der Waals surface area (Å²) < 4.78 is 0. The number of alkyl halides is 3. The van der Waals surface area contributed by atoms with Crippen LogP contribution in [-0.4, -0.2) is 34.7 Å². The third-order valence-electron chi connectivity index (χ3n) is 1.45. The number of hydrogen-bond donors (Lipinski definition) is 0. The maximum Gasteiger partial charge on any atom is 0.120 e. The molecule has 0 aromatic heterocycles. The molecule has 0 N–H and O–H groups in total. The minimum Gasteiger partial charge on any atom is -0.299 e. The van der Waals surface area contributed by atoms with Crippen LogP contribution < -0.4 is 0 Å². The van der Waals surface area contributed by atoms with Crippen molar-refractivity contribution < 1.29 is 0 Å². The summed E-state index contributed by atoms with van der Waals surface area (Å²) >= 11 is 17.2. The largest absolute Gasteiger partial charge is 0.299 e. The molecule has 0 aliphatic rings. The molecule has 1 unspecified atom stereocenters. The van der Waals surface area contributed by atoms with Gasteiger partial charge >= 0.3 is 0 Å². The quantitative estimate of drug-likeness (QED) is 0.666. The zero-order valence-electron chi connectivity index (χ0n) is 7.97. The molecule has 0 radical (unpaired) electrons. The lowest BCUT2D eigenvalue weighted by atomic mass is 10.3. The van der Waals surface area contributed by atoms with E-state index in [1.807, 2.05) is 6.92 Å². The van der Waals surface area contributed by atoms with Gasteiger partial charge < -0.3 is 0 Å². The molecule has 82 valence electrons. The molecule has 0 aromatic rings. The molecule has 5 heteroatoms. The van der Waals surface area contributed by atoms with Crippen LogP contribution in [0.25, 0.3) is 0 Å². The van der Waals surface area contributed by atoms with Gasteiger partial charge in [-0.05, 0) is 19.9 Å². The van der Waals surface area contributed by atoms with Crippen molar-refractivity contribution in [3.05, 3.63) is 0 Å². The lowest BCUT2D eigenvalue weighted by Gasteiger charge is -2.23. The molecule has 0 rings (SSSR count). The molecule has 0 aliphatic heterocycles. The Morgan fingerprint density at radius 2 is 1.69 bits per heavy atom. The summed E-state index contributed by atoms with van der Waals surface area (Å²) in [7, 11) is 0. The maximum absolute atomic E-state index is 5.86. The smallest absolute Gasteiger partial charge is 0.120 e. The predicted octanol–water partition coefficient (Wildman–Crippen LogP) is 3.55. The molecule has 0 fully saturated rings. The Morgan fingerprint density at radius 3 is 2.00 bits per heavy atom. The Kier molecular flexibility index (Phi) is 12.3. The van der Waals surface area contributed by atoms with Crippen LogP contribution in [-0.2, 0) is 0 Å². The molecule has 0 saturated carbocycles. The zero-order valence-corrected chi connectivity index (χ0v) is 11.1. The van der Waals surface area contributed by atoms with E-state index in [2.05, 4.69) is 11.8 Å². The van der Waals surface area contributed by atoms with E-state index in [1.165, 1.54) is 0 Å². The lowest BCUT2D eigenvalue weighted by Crippen LogP contribution is -2.33. The Morgan fingerprint density at radius 1 is 1.15 bits per heavy atom. The standard InChI is InChI=1S/C8H16Cl3N.ClH/c1-3-4-12(5-7(2)9)6-8(10)11;/h7-8H,3-6H2,1-2H3;1H. The normalized spacial score (nSPS) is 13.2. The summed E-state index contributed by atoms with van der Waals surface area (Å²) in [5.74, 6) is 0. The van der Waals surface area contributed by atoms with Gasteiger partial charge in [-0.2, -0.15) is 0 Å². The van der Waals surface area contributed by atoms with Gasteiger partial charge in [-0.25, -0.2) is 0 Å². The third kappa shape index (κ3) is 11.0. The summed E-state index contributed by atoms with van der Waals surface area (Å²) in [5.41, 5.74) is 0. The van der Waals surface area contributed by atoms with Gasteiger partial charge in [0.05, 0.1) is 0 Å². The fourth-order valence-corrected chi connectivity index (χ4v) is 1.71. The summed E-state index contributed by atoms with van der Waals surface area (Å²) in [5, 5.41) is 0.156. The highest BCUT2D eigenvalue weighted by Gasteiger charge is 2.10. The van der Waals surface area contributed by atoms with E-state index >= 15 is 0 Å². The molecule has 1 atom stereocenters. The summed E-state index contributed by atoms with van der Waals surface area (Å²) in [4.78, 5) is 1.87. The molecule has 0 aromatic carbocycles. The van der Waals surface area contributed by atoms with Crippen LogP contribution in [0.2, 0.25) is 0 Å². The van der Waals surface area contributed by atoms with Gasteiger partial charge in [0.2, 0.25) is 0 Å². The minimum atomic E-state index is -0.313. The van der Waals surface area contributed by atoms with E-state index in [4.69, 9.17) is 34.8 Å². The van der Waals surface area contributed by atoms with Gasteiger partial charge in [0.25, 0.3) is 0 Å². The average molecular weight is 269 g/mol. The fraction of sp³-hybridized carbons (Fsp3) is 1.00. The minimum absolute atomic E-state index is 0. The van der Waals surface area contributed by atoms with Crippen molar-refractivity contribution in [3.8, 4) is 0 Å². The van der Waals surface area contributed by atoms with Gasteiger partial charge in [-0.3, -0.25) is 4.90 Å². The van der Waals surface area contributed by atoms with Crippen LogP contribution in [0.1, 0.15) is 20.3 Å². The lowest BCUT2D eigenvalue weighted by molar-refractivity contribution is 0.288. The van der Waals surface area contributed by atoms with E-state index in [-0.39, 0.29) is 22.6 Å². The summed E-state index contributed by atoms with van der Waals surface area (Å²) in [6, 6.07) is 0. The Balaban J connectivity index is 0. The Labute approximate surface area is 102 Å². The topological polar surface area (TPSA) is 3.24 Å². The first-order valence-electron chi connectivity index (χ1n) is 4.20. The van der Waals surface area contributed by atoms with E-state index in [0.717, 1.165) is 19.5 Å². The van der Waals surface area contributed by atoms with Crippen LogP contribution in [0.3, 0.4) is 0 Å². The number of halogens is 4. The van der Waals surface area contributed by atoms with Crippen molar-refractivity contribution in [1.29, 1.82) is 0 Å². The second kappa shape index (κ2) is 9.67. The van der Waals surface area contributed by atoms with Crippen molar-refractivity contribution >= 4 is 47.2 Å². The molecule has 0 saturated heterocycles. The van der Waals surface area contributed by atoms with Crippen molar-refractivity contribution in [2.24, 2.45) is 0 Å². The Hall–Kier alpha value is 1.12. The van der Waals surface area contributed by atoms with E-state index < -0.39 is 0 Å². The molecule has 0 heterocycles. The van der Waals surface area contributed by atoms with Crippen LogP contribution in [0.15, 0.2) is 0 Å². The van der Waals surface area contributed by atoms with Crippen molar-refractivity contribution in [2.75, 3.05) is 19.6 Å². The second-order valence-corrected chi connectivity index (χ2v) is 4.95. The number of hydrogen-bond acceptors (Lipinski definition) is 1. The highest BCUT2D eigenvalue weighted by molar-refractivity contribution is 6.44. The van der Waals surface area contributed by atoms with Crippen molar-refractivity contribution in [2.45, 2.75) is 30.5 Å². The number of nitrogens with zero attached hydrogens (tertiary/aromatic N) is 1.